The second kappa shape index (κ2) is 7.20. The van der Waals surface area contributed by atoms with E-state index < -0.39 is 0 Å². The van der Waals surface area contributed by atoms with Gasteiger partial charge in [0.25, 0.3) is 0 Å². The van der Waals surface area contributed by atoms with Crippen LogP contribution in [-0.4, -0.2) is 0 Å². The molecule has 0 heteroatoms. The average Bonchev–Trinajstić information content (AvgIpc) is 2.40. The smallest absolute Gasteiger partial charge is 0.0162 e. The van der Waals surface area contributed by atoms with Gasteiger partial charge in [-0.05, 0) is 55.6 Å². The summed E-state index contributed by atoms with van der Waals surface area (Å²) < 4.78 is 0. The lowest BCUT2D eigenvalue weighted by molar-refractivity contribution is 0.376. The van der Waals surface area contributed by atoms with Gasteiger partial charge in [0.15, 0.2) is 0 Å². The van der Waals surface area contributed by atoms with Gasteiger partial charge in [-0.15, -0.1) is 6.58 Å². The van der Waals surface area contributed by atoms with Crippen molar-refractivity contribution in [1.82, 2.24) is 0 Å². The summed E-state index contributed by atoms with van der Waals surface area (Å²) in [7, 11) is 0. The Morgan fingerprint density at radius 2 is 1.67 bits per heavy atom. The minimum absolute atomic E-state index is 0. The fourth-order valence-electron chi connectivity index (χ4n) is 2.76. The largest absolute Gasteiger partial charge is 0.103 e. The lowest BCUT2D eigenvalue weighted by Gasteiger charge is -2.26. The molecule has 0 heterocycles. The normalized spacial score (nSPS) is 23.6. The van der Waals surface area contributed by atoms with Crippen LogP contribution in [0.15, 0.2) is 43.0 Å². The van der Waals surface area contributed by atoms with E-state index in [1.54, 1.807) is 0 Å². The number of rotatable bonds is 3. The monoisotopic (exact) mass is 242 g/mol. The summed E-state index contributed by atoms with van der Waals surface area (Å²) in [6.07, 6.45) is 11.6. The van der Waals surface area contributed by atoms with Crippen LogP contribution in [0.2, 0.25) is 0 Å². The Balaban J connectivity index is 0.00000162. The summed E-state index contributed by atoms with van der Waals surface area (Å²) in [4.78, 5) is 0. The number of allylic oxidation sites excluding steroid dienone is 2. The number of hydrogen-bond donors (Lipinski definition) is 0. The molecule has 0 spiro atoms. The molecule has 0 nitrogen and oxygen atoms in total. The van der Waals surface area contributed by atoms with Gasteiger partial charge in [0, 0.05) is 0 Å². The lowest BCUT2D eigenvalue weighted by atomic mass is 9.79. The molecule has 0 amide bonds. The van der Waals surface area contributed by atoms with E-state index in [-0.39, 0.29) is 7.43 Å². The summed E-state index contributed by atoms with van der Waals surface area (Å²) >= 11 is 0. The average molecular weight is 242 g/mol. The van der Waals surface area contributed by atoms with Crippen molar-refractivity contribution in [2.75, 3.05) is 0 Å². The maximum atomic E-state index is 3.91. The van der Waals surface area contributed by atoms with Gasteiger partial charge in [0.1, 0.15) is 0 Å². The van der Waals surface area contributed by atoms with E-state index >= 15 is 0 Å². The zero-order valence-corrected chi connectivity index (χ0v) is 10.7. The molecule has 1 saturated carbocycles. The molecule has 98 valence electrons. The molecule has 0 bridgehead atoms. The molecule has 1 fully saturated rings. The highest BCUT2D eigenvalue weighted by atomic mass is 14.2. The summed E-state index contributed by atoms with van der Waals surface area (Å²) in [6.45, 7) is 5.97. The van der Waals surface area contributed by atoms with Gasteiger partial charge in [0.2, 0.25) is 0 Å². The Bertz CT molecular complexity index is 375. The Labute approximate surface area is 112 Å². The van der Waals surface area contributed by atoms with Gasteiger partial charge in [-0.3, -0.25) is 0 Å². The molecule has 1 aliphatic rings. The predicted molar refractivity (Wildman–Crippen MR) is 82.8 cm³/mol. The van der Waals surface area contributed by atoms with Crippen LogP contribution in [0, 0.1) is 5.92 Å². The van der Waals surface area contributed by atoms with Gasteiger partial charge in [-0.2, -0.15) is 0 Å². The fourth-order valence-corrected chi connectivity index (χ4v) is 2.76. The second-order valence-electron chi connectivity index (χ2n) is 5.01. The first kappa shape index (κ1) is 14.8. The molecule has 2 rings (SSSR count). The van der Waals surface area contributed by atoms with Crippen LogP contribution >= 0.6 is 0 Å². The van der Waals surface area contributed by atoms with Crippen LogP contribution in [0.1, 0.15) is 57.1 Å². The number of hydrogen-bond acceptors (Lipinski definition) is 0. The van der Waals surface area contributed by atoms with Crippen LogP contribution in [0.5, 0.6) is 0 Å². The van der Waals surface area contributed by atoms with E-state index in [9.17, 15) is 0 Å². The number of benzene rings is 1. The lowest BCUT2D eigenvalue weighted by Crippen LogP contribution is -2.11. The fraction of sp³-hybridized carbons (Fsp3) is 0.444. The van der Waals surface area contributed by atoms with Crippen LogP contribution in [0.25, 0.3) is 6.08 Å². The highest BCUT2D eigenvalue weighted by Gasteiger charge is 2.20. The van der Waals surface area contributed by atoms with Crippen molar-refractivity contribution < 1.29 is 0 Å². The molecular formula is C18H26. The minimum Gasteiger partial charge on any atom is -0.103 e. The first-order valence-corrected chi connectivity index (χ1v) is 6.68. The summed E-state index contributed by atoms with van der Waals surface area (Å²) in [5.74, 6) is 1.53. The summed E-state index contributed by atoms with van der Waals surface area (Å²) in [5, 5.41) is 0. The van der Waals surface area contributed by atoms with E-state index in [2.05, 4.69) is 56.0 Å². The third-order valence-corrected chi connectivity index (χ3v) is 3.87. The van der Waals surface area contributed by atoms with Crippen LogP contribution in [-0.2, 0) is 0 Å². The third-order valence-electron chi connectivity index (χ3n) is 3.87. The highest BCUT2D eigenvalue weighted by molar-refractivity contribution is 5.49. The molecule has 0 N–H and O–H groups in total. The molecule has 1 aromatic carbocycles. The second-order valence-corrected chi connectivity index (χ2v) is 5.01. The molecule has 0 unspecified atom stereocenters. The summed E-state index contributed by atoms with van der Waals surface area (Å²) in [5.41, 5.74) is 2.82. The van der Waals surface area contributed by atoms with E-state index in [4.69, 9.17) is 0 Å². The van der Waals surface area contributed by atoms with Crippen molar-refractivity contribution in [2.24, 2.45) is 5.92 Å². The first-order valence-electron chi connectivity index (χ1n) is 6.68. The quantitative estimate of drug-likeness (QED) is 0.586. The van der Waals surface area contributed by atoms with Crippen molar-refractivity contribution in [3.05, 3.63) is 54.1 Å². The molecule has 18 heavy (non-hydrogen) atoms. The molecule has 0 atom stereocenters. The van der Waals surface area contributed by atoms with E-state index in [0.29, 0.717) is 0 Å². The Hall–Kier alpha value is -1.30. The Kier molecular flexibility index (Phi) is 5.91. The zero-order chi connectivity index (χ0) is 12.1. The highest BCUT2D eigenvalue weighted by Crippen LogP contribution is 2.36. The van der Waals surface area contributed by atoms with Gasteiger partial charge in [-0.25, -0.2) is 0 Å². The maximum absolute atomic E-state index is 3.91. The van der Waals surface area contributed by atoms with Gasteiger partial charge >= 0.3 is 0 Å². The molecule has 0 saturated heterocycles. The topological polar surface area (TPSA) is 0 Å². The summed E-state index contributed by atoms with van der Waals surface area (Å²) in [6, 6.07) is 9.06. The van der Waals surface area contributed by atoms with E-state index in [0.717, 1.165) is 11.8 Å². The Morgan fingerprint density at radius 3 is 2.17 bits per heavy atom. The SMILES string of the molecule is C.C=CC1CCC(c2ccc(C=CC)cc2)CC1. The van der Waals surface area contributed by atoms with Crippen molar-refractivity contribution in [3.63, 3.8) is 0 Å². The zero-order valence-electron chi connectivity index (χ0n) is 10.7. The predicted octanol–water partition coefficient (Wildman–Crippen LogP) is 5.82. The molecule has 0 radical (unpaired) electrons. The molecule has 0 aliphatic heterocycles. The van der Waals surface area contributed by atoms with Crippen LogP contribution < -0.4 is 0 Å². The van der Waals surface area contributed by atoms with Crippen LogP contribution in [0.3, 0.4) is 0 Å². The molecule has 1 aliphatic carbocycles. The van der Waals surface area contributed by atoms with Crippen molar-refractivity contribution >= 4 is 6.08 Å². The van der Waals surface area contributed by atoms with Crippen molar-refractivity contribution in [2.45, 2.75) is 46.0 Å². The van der Waals surface area contributed by atoms with Crippen molar-refractivity contribution in [1.29, 1.82) is 0 Å². The van der Waals surface area contributed by atoms with E-state index in [1.807, 2.05) is 0 Å². The van der Waals surface area contributed by atoms with Gasteiger partial charge in [0.05, 0.1) is 0 Å². The van der Waals surface area contributed by atoms with Gasteiger partial charge in [-0.1, -0.05) is 49.9 Å². The van der Waals surface area contributed by atoms with Gasteiger partial charge < -0.3 is 0 Å². The van der Waals surface area contributed by atoms with Crippen LogP contribution in [0.4, 0.5) is 0 Å². The molecular weight excluding hydrogens is 216 g/mol. The minimum atomic E-state index is 0. The first-order chi connectivity index (χ1) is 8.33. The maximum Gasteiger partial charge on any atom is -0.0162 e. The standard InChI is InChI=1S/C17H22.CH4/c1-3-5-15-8-12-17(13-9-15)16-10-6-14(4-2)7-11-16;/h3-5,8-9,12-14,16H,2,6-7,10-11H2,1H3;1H4. The Morgan fingerprint density at radius 1 is 1.06 bits per heavy atom. The van der Waals surface area contributed by atoms with Crippen molar-refractivity contribution in [3.8, 4) is 0 Å². The molecule has 1 aromatic rings. The van der Waals surface area contributed by atoms with E-state index in [1.165, 1.54) is 36.8 Å². The third kappa shape index (κ3) is 3.60. The molecule has 0 aromatic heterocycles.